The third-order valence-corrected chi connectivity index (χ3v) is 5.39. The van der Waals surface area contributed by atoms with Gasteiger partial charge in [0.2, 0.25) is 0 Å². The first-order valence-electron chi connectivity index (χ1n) is 11.7. The van der Waals surface area contributed by atoms with E-state index in [2.05, 4.69) is 12.2 Å². The van der Waals surface area contributed by atoms with Gasteiger partial charge in [0.1, 0.15) is 11.8 Å². The predicted molar refractivity (Wildman–Crippen MR) is 127 cm³/mol. The van der Waals surface area contributed by atoms with E-state index in [0.717, 1.165) is 18.4 Å². The van der Waals surface area contributed by atoms with Gasteiger partial charge in [-0.3, -0.25) is 4.79 Å². The zero-order chi connectivity index (χ0) is 22.9. The molecule has 5 nitrogen and oxygen atoms in total. The average Bonchev–Trinajstić information content (AvgIpc) is 2.77. The second kappa shape index (κ2) is 16.6. The number of unbranched alkanes of at least 4 members (excludes halogenated alkanes) is 8. The van der Waals surface area contributed by atoms with Gasteiger partial charge in [-0.05, 0) is 43.9 Å². The maximum Gasteiger partial charge on any atom is 0.252 e. The normalized spacial score (nSPS) is 14.0. The third kappa shape index (κ3) is 11.7. The number of carbonyl (C=O) groups excluding carboxylic acids is 1. The van der Waals surface area contributed by atoms with Crippen molar-refractivity contribution in [1.82, 2.24) is 5.32 Å². The first-order chi connectivity index (χ1) is 15.0. The van der Waals surface area contributed by atoms with Crippen molar-refractivity contribution >= 4 is 5.91 Å². The number of aliphatic hydroxyl groups excluding tert-OH is 3. The van der Waals surface area contributed by atoms with E-state index in [0.29, 0.717) is 5.56 Å². The Labute approximate surface area is 187 Å². The van der Waals surface area contributed by atoms with Gasteiger partial charge in [-0.1, -0.05) is 82.2 Å². The summed E-state index contributed by atoms with van der Waals surface area (Å²) < 4.78 is 0. The molecule has 174 valence electrons. The lowest BCUT2D eigenvalue weighted by Crippen LogP contribution is -2.39. The highest BCUT2D eigenvalue weighted by molar-refractivity contribution is 5.95. The number of aliphatic hydroxyl groups is 3. The summed E-state index contributed by atoms with van der Waals surface area (Å²) in [6.07, 6.45) is 15.8. The van der Waals surface area contributed by atoms with E-state index in [1.54, 1.807) is 18.2 Å². The Morgan fingerprint density at radius 2 is 1.71 bits per heavy atom. The number of benzene rings is 1. The van der Waals surface area contributed by atoms with Crippen molar-refractivity contribution in [2.45, 2.75) is 90.2 Å². The van der Waals surface area contributed by atoms with E-state index < -0.39 is 18.8 Å². The number of hydrogen-bond acceptors (Lipinski definition) is 4. The van der Waals surface area contributed by atoms with Gasteiger partial charge in [0.25, 0.3) is 5.91 Å². The SMILES string of the molecule is CCCCCCCCCC/C=C/C(O)C/C=C(/O)C(CO)NC(=O)c1ccccc1C. The molecule has 2 atom stereocenters. The smallest absolute Gasteiger partial charge is 0.252 e. The molecule has 4 N–H and O–H groups in total. The van der Waals surface area contributed by atoms with E-state index in [1.807, 2.05) is 25.1 Å². The monoisotopic (exact) mass is 431 g/mol. The number of carbonyl (C=O) groups is 1. The van der Waals surface area contributed by atoms with Crippen LogP contribution in [0.5, 0.6) is 0 Å². The molecule has 0 aliphatic carbocycles. The summed E-state index contributed by atoms with van der Waals surface area (Å²) in [6, 6.07) is 6.23. The van der Waals surface area contributed by atoms with Crippen molar-refractivity contribution in [3.63, 3.8) is 0 Å². The Morgan fingerprint density at radius 3 is 2.35 bits per heavy atom. The molecular formula is C26H41NO4. The molecule has 0 aliphatic heterocycles. The highest BCUT2D eigenvalue weighted by Gasteiger charge is 2.17. The van der Waals surface area contributed by atoms with E-state index in [4.69, 9.17) is 0 Å². The third-order valence-electron chi connectivity index (χ3n) is 5.39. The Morgan fingerprint density at radius 1 is 1.06 bits per heavy atom. The van der Waals surface area contributed by atoms with Crippen molar-refractivity contribution in [2.24, 2.45) is 0 Å². The Balaban J connectivity index is 2.32. The Kier molecular flexibility index (Phi) is 14.4. The van der Waals surface area contributed by atoms with Crippen LogP contribution in [0.4, 0.5) is 0 Å². The van der Waals surface area contributed by atoms with Gasteiger partial charge in [0.05, 0.1) is 12.7 Å². The topological polar surface area (TPSA) is 89.8 Å². The number of nitrogens with one attached hydrogen (secondary N) is 1. The van der Waals surface area contributed by atoms with Crippen LogP contribution in [-0.4, -0.2) is 40.0 Å². The second-order valence-corrected chi connectivity index (χ2v) is 8.15. The van der Waals surface area contributed by atoms with Crippen LogP contribution in [0.1, 0.15) is 87.1 Å². The molecule has 0 saturated carbocycles. The Bertz CT molecular complexity index is 684. The van der Waals surface area contributed by atoms with Gasteiger partial charge in [0, 0.05) is 5.56 Å². The number of amides is 1. The van der Waals surface area contributed by atoms with E-state index in [1.165, 1.54) is 51.0 Å². The molecular weight excluding hydrogens is 390 g/mol. The quantitative estimate of drug-likeness (QED) is 0.161. The molecule has 31 heavy (non-hydrogen) atoms. The molecule has 0 saturated heterocycles. The van der Waals surface area contributed by atoms with Crippen LogP contribution in [0.25, 0.3) is 0 Å². The van der Waals surface area contributed by atoms with E-state index >= 15 is 0 Å². The second-order valence-electron chi connectivity index (χ2n) is 8.15. The summed E-state index contributed by atoms with van der Waals surface area (Å²) in [4.78, 5) is 12.4. The minimum absolute atomic E-state index is 0.153. The molecule has 0 spiro atoms. The molecule has 0 heterocycles. The fraction of sp³-hybridized carbons (Fsp3) is 0.577. The van der Waals surface area contributed by atoms with Crippen molar-refractivity contribution in [3.05, 3.63) is 59.4 Å². The van der Waals surface area contributed by atoms with Crippen molar-refractivity contribution in [2.75, 3.05) is 6.61 Å². The predicted octanol–water partition coefficient (Wildman–Crippen LogP) is 5.37. The molecule has 0 aliphatic rings. The lowest BCUT2D eigenvalue weighted by atomic mass is 10.1. The summed E-state index contributed by atoms with van der Waals surface area (Å²) >= 11 is 0. The molecule has 0 aromatic heterocycles. The van der Waals surface area contributed by atoms with E-state index in [9.17, 15) is 20.1 Å². The van der Waals surface area contributed by atoms with Gasteiger partial charge in [-0.2, -0.15) is 0 Å². The van der Waals surface area contributed by atoms with Crippen molar-refractivity contribution in [1.29, 1.82) is 0 Å². The summed E-state index contributed by atoms with van der Waals surface area (Å²) in [5, 5.41) is 32.5. The maximum atomic E-state index is 12.4. The van der Waals surface area contributed by atoms with Gasteiger partial charge < -0.3 is 20.6 Å². The average molecular weight is 432 g/mol. The first kappa shape index (κ1) is 26.9. The maximum absolute atomic E-state index is 12.4. The zero-order valence-electron chi connectivity index (χ0n) is 19.2. The van der Waals surface area contributed by atoms with Crippen LogP contribution < -0.4 is 5.32 Å². The molecule has 1 rings (SSSR count). The van der Waals surface area contributed by atoms with Crippen LogP contribution >= 0.6 is 0 Å². The van der Waals surface area contributed by atoms with Gasteiger partial charge in [-0.25, -0.2) is 0 Å². The molecule has 1 amide bonds. The van der Waals surface area contributed by atoms with Gasteiger partial charge >= 0.3 is 0 Å². The Hall–Kier alpha value is -2.11. The lowest BCUT2D eigenvalue weighted by molar-refractivity contribution is 0.0910. The molecule has 0 radical (unpaired) electrons. The summed E-state index contributed by atoms with van der Waals surface area (Å²) in [7, 11) is 0. The van der Waals surface area contributed by atoms with E-state index in [-0.39, 0.29) is 18.1 Å². The number of hydrogen-bond donors (Lipinski definition) is 4. The van der Waals surface area contributed by atoms with Crippen LogP contribution in [0.15, 0.2) is 48.3 Å². The first-order valence-corrected chi connectivity index (χ1v) is 11.7. The summed E-state index contributed by atoms with van der Waals surface area (Å²) in [5.74, 6) is -0.511. The standard InChI is InChI=1S/C26H41NO4/c1-3-4-5-6-7-8-9-10-11-12-16-22(29)18-19-25(30)24(20-28)27-26(31)23-17-14-13-15-21(23)2/h12-17,19,22,24,28-30H,3-11,18,20H2,1-2H3,(H,27,31)/b16-12+,25-19+. The molecule has 1 aromatic rings. The number of allylic oxidation sites excluding steroid dienone is 1. The zero-order valence-corrected chi connectivity index (χ0v) is 19.2. The molecule has 1 aromatic carbocycles. The summed E-state index contributed by atoms with van der Waals surface area (Å²) in [6.45, 7) is 3.63. The highest BCUT2D eigenvalue weighted by atomic mass is 16.3. The van der Waals surface area contributed by atoms with Crippen LogP contribution in [0.2, 0.25) is 0 Å². The van der Waals surface area contributed by atoms with Crippen molar-refractivity contribution < 1.29 is 20.1 Å². The minimum atomic E-state index is -0.902. The number of aryl methyl sites for hydroxylation is 1. The van der Waals surface area contributed by atoms with Crippen LogP contribution in [0, 0.1) is 6.92 Å². The summed E-state index contributed by atoms with van der Waals surface area (Å²) in [5.41, 5.74) is 1.31. The molecule has 0 bridgehead atoms. The van der Waals surface area contributed by atoms with Crippen LogP contribution in [-0.2, 0) is 0 Å². The molecule has 2 unspecified atom stereocenters. The van der Waals surface area contributed by atoms with Gasteiger partial charge in [0.15, 0.2) is 0 Å². The molecule has 0 fully saturated rings. The van der Waals surface area contributed by atoms with Crippen LogP contribution in [0.3, 0.4) is 0 Å². The lowest BCUT2D eigenvalue weighted by Gasteiger charge is -2.17. The highest BCUT2D eigenvalue weighted by Crippen LogP contribution is 2.11. The van der Waals surface area contributed by atoms with Crippen molar-refractivity contribution in [3.8, 4) is 0 Å². The number of rotatable bonds is 16. The molecule has 5 heteroatoms. The fourth-order valence-electron chi connectivity index (χ4n) is 3.39. The fourth-order valence-corrected chi connectivity index (χ4v) is 3.39. The van der Waals surface area contributed by atoms with Gasteiger partial charge in [-0.15, -0.1) is 0 Å². The largest absolute Gasteiger partial charge is 0.510 e. The minimum Gasteiger partial charge on any atom is -0.510 e.